The molecule has 0 amide bonds. The number of aryl methyl sites for hydroxylation is 1. The molecule has 0 saturated carbocycles. The van der Waals surface area contributed by atoms with Crippen LogP contribution in [-0.4, -0.2) is 9.55 Å². The molecule has 0 aliphatic carbocycles. The van der Waals surface area contributed by atoms with Gasteiger partial charge in [0.15, 0.2) is 5.43 Å². The Kier molecular flexibility index (Phi) is 4.96. The van der Waals surface area contributed by atoms with E-state index < -0.39 is 0 Å². The van der Waals surface area contributed by atoms with Gasteiger partial charge in [-0.25, -0.2) is 4.98 Å². The molecule has 0 aliphatic rings. The summed E-state index contributed by atoms with van der Waals surface area (Å²) in [5, 5.41) is 1.36. The molecule has 5 nitrogen and oxygen atoms in total. The third-order valence-electron chi connectivity index (χ3n) is 5.27. The summed E-state index contributed by atoms with van der Waals surface area (Å²) in [5.74, 6) is 0.406. The Balaban J connectivity index is 1.71. The van der Waals surface area contributed by atoms with Gasteiger partial charge in [-0.15, -0.1) is 0 Å². The van der Waals surface area contributed by atoms with Crippen LogP contribution in [0.2, 0.25) is 5.02 Å². The molecule has 0 radical (unpaired) electrons. The Bertz CT molecular complexity index is 1630. The summed E-state index contributed by atoms with van der Waals surface area (Å²) in [5.41, 5.74) is 2.75. The van der Waals surface area contributed by atoms with E-state index in [-0.39, 0.29) is 11.0 Å². The van der Waals surface area contributed by atoms with Crippen LogP contribution in [0.25, 0.3) is 39.7 Å². The molecule has 0 atom stereocenters. The predicted molar refractivity (Wildman–Crippen MR) is 128 cm³/mol. The monoisotopic (exact) mass is 440 g/mol. The fourth-order valence-corrected chi connectivity index (χ4v) is 3.77. The molecule has 32 heavy (non-hydrogen) atoms. The van der Waals surface area contributed by atoms with Crippen molar-refractivity contribution in [3.8, 4) is 5.69 Å². The Morgan fingerprint density at radius 1 is 0.938 bits per heavy atom. The van der Waals surface area contributed by atoms with Gasteiger partial charge in [0.05, 0.1) is 27.5 Å². The Morgan fingerprint density at radius 3 is 2.53 bits per heavy atom. The molecule has 3 aromatic carbocycles. The van der Waals surface area contributed by atoms with Gasteiger partial charge in [-0.05, 0) is 61.5 Å². The number of aromatic nitrogens is 2. The van der Waals surface area contributed by atoms with Gasteiger partial charge >= 0.3 is 0 Å². The van der Waals surface area contributed by atoms with Crippen molar-refractivity contribution in [2.45, 2.75) is 6.92 Å². The van der Waals surface area contributed by atoms with E-state index in [9.17, 15) is 9.59 Å². The van der Waals surface area contributed by atoms with Crippen LogP contribution >= 0.6 is 11.6 Å². The second-order valence-corrected chi connectivity index (χ2v) is 7.89. The van der Waals surface area contributed by atoms with E-state index in [1.165, 1.54) is 10.8 Å². The number of fused-ring (bicyclic) bond motifs is 2. The van der Waals surface area contributed by atoms with Crippen LogP contribution in [0.4, 0.5) is 0 Å². The van der Waals surface area contributed by atoms with E-state index in [1.54, 1.807) is 42.5 Å². The first-order chi connectivity index (χ1) is 15.5. The van der Waals surface area contributed by atoms with E-state index in [0.29, 0.717) is 44.0 Å². The Labute approximate surface area is 187 Å². The molecule has 0 unspecified atom stereocenters. The lowest BCUT2D eigenvalue weighted by molar-refractivity contribution is 0.601. The highest BCUT2D eigenvalue weighted by atomic mass is 35.5. The minimum atomic E-state index is -0.213. The molecule has 2 aromatic heterocycles. The highest BCUT2D eigenvalue weighted by Gasteiger charge is 2.12. The number of hydrogen-bond donors (Lipinski definition) is 0. The molecule has 2 heterocycles. The zero-order chi connectivity index (χ0) is 22.2. The van der Waals surface area contributed by atoms with Crippen LogP contribution in [0, 0.1) is 6.92 Å². The molecule has 0 N–H and O–H groups in total. The molecule has 0 aliphatic heterocycles. The highest BCUT2D eigenvalue weighted by Crippen LogP contribution is 2.19. The van der Waals surface area contributed by atoms with Crippen molar-refractivity contribution < 1.29 is 4.42 Å². The summed E-state index contributed by atoms with van der Waals surface area (Å²) >= 11 is 6.04. The molecule has 0 spiro atoms. The quantitative estimate of drug-likeness (QED) is 0.365. The standard InChI is InChI=1S/C26H17ClN2O3/c1-16-6-10-19(11-7-16)29-24(28-22-5-3-2-4-20(22)26(29)31)13-8-17-15-32-23-12-9-18(27)14-21(23)25(17)30/h2-15H,1H3. The minimum absolute atomic E-state index is 0.184. The normalized spacial score (nSPS) is 11.6. The highest BCUT2D eigenvalue weighted by molar-refractivity contribution is 6.31. The molecule has 6 heteroatoms. The average Bonchev–Trinajstić information content (AvgIpc) is 2.80. The molecule has 156 valence electrons. The number of halogens is 1. The van der Waals surface area contributed by atoms with Gasteiger partial charge in [0, 0.05) is 5.02 Å². The first-order valence-corrected chi connectivity index (χ1v) is 10.4. The molecule has 0 bridgehead atoms. The third-order valence-corrected chi connectivity index (χ3v) is 5.50. The fraction of sp³-hybridized carbons (Fsp3) is 0.0385. The van der Waals surface area contributed by atoms with E-state index >= 15 is 0 Å². The molecular formula is C26H17ClN2O3. The van der Waals surface area contributed by atoms with Crippen LogP contribution in [0.5, 0.6) is 0 Å². The summed E-state index contributed by atoms with van der Waals surface area (Å²) in [6, 6.07) is 19.7. The molecule has 5 rings (SSSR count). The third kappa shape index (κ3) is 3.53. The topological polar surface area (TPSA) is 65.1 Å². The van der Waals surface area contributed by atoms with Crippen molar-refractivity contribution in [3.05, 3.63) is 116 Å². The molecule has 5 aromatic rings. The number of rotatable bonds is 3. The van der Waals surface area contributed by atoms with Crippen molar-refractivity contribution in [2.24, 2.45) is 0 Å². The number of benzene rings is 3. The summed E-state index contributed by atoms with van der Waals surface area (Å²) < 4.78 is 7.13. The zero-order valence-corrected chi connectivity index (χ0v) is 17.8. The molecule has 0 fully saturated rings. The van der Waals surface area contributed by atoms with Crippen molar-refractivity contribution in [2.75, 3.05) is 0 Å². The first kappa shape index (κ1) is 20.0. The van der Waals surface area contributed by atoms with Crippen LogP contribution in [-0.2, 0) is 0 Å². The second kappa shape index (κ2) is 7.94. The van der Waals surface area contributed by atoms with E-state index in [2.05, 4.69) is 4.98 Å². The van der Waals surface area contributed by atoms with Crippen molar-refractivity contribution in [1.82, 2.24) is 9.55 Å². The second-order valence-electron chi connectivity index (χ2n) is 7.46. The predicted octanol–water partition coefficient (Wildman–Crippen LogP) is 5.62. The smallest absolute Gasteiger partial charge is 0.266 e. The average molecular weight is 441 g/mol. The van der Waals surface area contributed by atoms with Gasteiger partial charge in [-0.3, -0.25) is 14.2 Å². The Morgan fingerprint density at radius 2 is 1.72 bits per heavy atom. The van der Waals surface area contributed by atoms with Crippen LogP contribution in [0.1, 0.15) is 17.0 Å². The van der Waals surface area contributed by atoms with Crippen molar-refractivity contribution in [1.29, 1.82) is 0 Å². The van der Waals surface area contributed by atoms with Gasteiger partial charge in [-0.2, -0.15) is 0 Å². The maximum absolute atomic E-state index is 13.3. The summed E-state index contributed by atoms with van der Waals surface area (Å²) in [7, 11) is 0. The van der Waals surface area contributed by atoms with Crippen molar-refractivity contribution in [3.63, 3.8) is 0 Å². The van der Waals surface area contributed by atoms with E-state index in [1.807, 2.05) is 43.3 Å². The van der Waals surface area contributed by atoms with Crippen LogP contribution in [0.3, 0.4) is 0 Å². The molecular weight excluding hydrogens is 424 g/mol. The minimum Gasteiger partial charge on any atom is -0.463 e. The lowest BCUT2D eigenvalue weighted by atomic mass is 10.1. The summed E-state index contributed by atoms with van der Waals surface area (Å²) in [4.78, 5) is 30.9. The largest absolute Gasteiger partial charge is 0.463 e. The van der Waals surface area contributed by atoms with Gasteiger partial charge < -0.3 is 4.42 Å². The van der Waals surface area contributed by atoms with E-state index in [4.69, 9.17) is 16.0 Å². The van der Waals surface area contributed by atoms with Crippen LogP contribution < -0.4 is 11.0 Å². The van der Waals surface area contributed by atoms with E-state index in [0.717, 1.165) is 5.56 Å². The van der Waals surface area contributed by atoms with Crippen LogP contribution in [0.15, 0.2) is 87.0 Å². The molecule has 0 saturated heterocycles. The van der Waals surface area contributed by atoms with Gasteiger partial charge in [0.2, 0.25) is 0 Å². The van der Waals surface area contributed by atoms with Crippen molar-refractivity contribution >= 4 is 45.6 Å². The SMILES string of the molecule is Cc1ccc(-n2c(C=Cc3coc4ccc(Cl)cc4c3=O)nc3ccccc3c2=O)cc1. The number of para-hydroxylation sites is 1. The summed E-state index contributed by atoms with van der Waals surface area (Å²) in [6.45, 7) is 1.98. The fourth-order valence-electron chi connectivity index (χ4n) is 3.60. The summed E-state index contributed by atoms with van der Waals surface area (Å²) in [6.07, 6.45) is 4.65. The van der Waals surface area contributed by atoms with Gasteiger partial charge in [-0.1, -0.05) is 41.4 Å². The lowest BCUT2D eigenvalue weighted by Crippen LogP contribution is -2.22. The maximum atomic E-state index is 13.3. The zero-order valence-electron chi connectivity index (χ0n) is 17.1. The maximum Gasteiger partial charge on any atom is 0.266 e. The number of hydrogen-bond acceptors (Lipinski definition) is 4. The van der Waals surface area contributed by atoms with Gasteiger partial charge in [0.25, 0.3) is 5.56 Å². The lowest BCUT2D eigenvalue weighted by Gasteiger charge is -2.11. The number of nitrogens with zero attached hydrogens (tertiary/aromatic N) is 2. The van der Waals surface area contributed by atoms with Gasteiger partial charge in [0.1, 0.15) is 17.7 Å². The first-order valence-electron chi connectivity index (χ1n) is 9.99. The Hall–Kier alpha value is -3.96.